The summed E-state index contributed by atoms with van der Waals surface area (Å²) >= 11 is 4.05. The van der Waals surface area contributed by atoms with Crippen LogP contribution in [-0.4, -0.2) is 17.8 Å². The minimum Gasteiger partial charge on any atom is -0.465 e. The second kappa shape index (κ2) is 18.9. The summed E-state index contributed by atoms with van der Waals surface area (Å²) in [5.41, 5.74) is 0. The number of hydrogen-bond acceptors (Lipinski definition) is 3. The first-order valence-corrected chi connectivity index (χ1v) is 10.7. The summed E-state index contributed by atoms with van der Waals surface area (Å²) in [4.78, 5) is 11.2. The minimum absolute atomic E-state index is 0.203. The van der Waals surface area contributed by atoms with E-state index in [1.165, 1.54) is 77.0 Å². The van der Waals surface area contributed by atoms with Gasteiger partial charge in [-0.25, -0.2) is 0 Å². The third kappa shape index (κ3) is 17.9. The van der Waals surface area contributed by atoms with Gasteiger partial charge >= 0.3 is 5.97 Å². The molecule has 24 heavy (non-hydrogen) atoms. The Balaban J connectivity index is 3.14. The van der Waals surface area contributed by atoms with E-state index in [1.807, 2.05) is 0 Å². The lowest BCUT2D eigenvalue weighted by Crippen LogP contribution is -2.15. The number of hydrogen-bond donors (Lipinski definition) is 1. The Kier molecular flexibility index (Phi) is 18.5. The fourth-order valence-electron chi connectivity index (χ4n) is 2.64. The van der Waals surface area contributed by atoms with E-state index in [0.717, 1.165) is 12.8 Å². The zero-order valence-electron chi connectivity index (χ0n) is 16.1. The number of carbonyl (C=O) groups excluding carboxylic acids is 1. The highest BCUT2D eigenvalue weighted by Crippen LogP contribution is 2.10. The number of esters is 1. The van der Waals surface area contributed by atoms with Gasteiger partial charge in [0.1, 0.15) is 0 Å². The normalized spacial score (nSPS) is 12.6. The molecule has 0 aliphatic heterocycles. The highest BCUT2D eigenvalue weighted by molar-refractivity contribution is 7.81. The van der Waals surface area contributed by atoms with Gasteiger partial charge in [-0.1, -0.05) is 76.9 Å². The van der Waals surface area contributed by atoms with E-state index in [-0.39, 0.29) is 11.2 Å². The number of ether oxygens (including phenoxy) is 1. The second-order valence-electron chi connectivity index (χ2n) is 6.78. The molecule has 1 unspecified atom stereocenters. The van der Waals surface area contributed by atoms with Crippen LogP contribution in [0.25, 0.3) is 0 Å². The Morgan fingerprint density at radius 3 is 1.79 bits per heavy atom. The zero-order chi connectivity index (χ0) is 17.9. The molecule has 0 aromatic heterocycles. The van der Waals surface area contributed by atoms with Crippen molar-refractivity contribution < 1.29 is 9.53 Å². The second-order valence-corrected chi connectivity index (χ2v) is 7.56. The van der Waals surface area contributed by atoms with Crippen LogP contribution in [0.15, 0.2) is 12.2 Å². The van der Waals surface area contributed by atoms with Crippen molar-refractivity contribution >= 4 is 18.6 Å². The van der Waals surface area contributed by atoms with Crippen molar-refractivity contribution in [2.24, 2.45) is 0 Å². The van der Waals surface area contributed by atoms with Crippen molar-refractivity contribution in [1.82, 2.24) is 0 Å². The highest BCUT2D eigenvalue weighted by atomic mass is 32.1. The summed E-state index contributed by atoms with van der Waals surface area (Å²) in [7, 11) is 0. The van der Waals surface area contributed by atoms with Gasteiger partial charge in [-0.3, -0.25) is 4.79 Å². The van der Waals surface area contributed by atoms with Crippen LogP contribution in [0, 0.1) is 0 Å². The topological polar surface area (TPSA) is 26.3 Å². The maximum Gasteiger partial charge on any atom is 0.318 e. The Bertz CT molecular complexity index is 300. The smallest absolute Gasteiger partial charge is 0.318 e. The molecule has 0 aromatic rings. The van der Waals surface area contributed by atoms with E-state index in [4.69, 9.17) is 4.74 Å². The van der Waals surface area contributed by atoms with E-state index in [2.05, 4.69) is 31.7 Å². The first-order valence-electron chi connectivity index (χ1n) is 10.2. The Morgan fingerprint density at radius 2 is 1.29 bits per heavy atom. The maximum absolute atomic E-state index is 11.2. The molecule has 2 nitrogen and oxygen atoms in total. The van der Waals surface area contributed by atoms with Gasteiger partial charge in [-0.15, -0.1) is 0 Å². The van der Waals surface area contributed by atoms with E-state index in [9.17, 15) is 4.79 Å². The largest absolute Gasteiger partial charge is 0.465 e. The van der Waals surface area contributed by atoms with Gasteiger partial charge in [0.15, 0.2) is 0 Å². The molecule has 0 bridgehead atoms. The molecule has 0 aromatic carbocycles. The van der Waals surface area contributed by atoms with Gasteiger partial charge in [0.2, 0.25) is 0 Å². The predicted molar refractivity (Wildman–Crippen MR) is 109 cm³/mol. The van der Waals surface area contributed by atoms with Gasteiger partial charge in [0, 0.05) is 0 Å². The fourth-order valence-corrected chi connectivity index (χ4v) is 2.72. The number of rotatable bonds is 17. The average molecular weight is 357 g/mol. The molecule has 0 amide bonds. The average Bonchev–Trinajstić information content (AvgIpc) is 2.57. The Morgan fingerprint density at radius 1 is 0.833 bits per heavy atom. The molecule has 0 saturated carbocycles. The number of unbranched alkanes of at least 4 members (excludes halogenated alkanes) is 12. The molecular formula is C21H40O2S. The third-order valence-electron chi connectivity index (χ3n) is 4.24. The molecule has 0 rings (SSSR count). The van der Waals surface area contributed by atoms with Gasteiger partial charge in [0.25, 0.3) is 0 Å². The summed E-state index contributed by atoms with van der Waals surface area (Å²) in [5, 5.41) is -0.306. The summed E-state index contributed by atoms with van der Waals surface area (Å²) in [5.74, 6) is -0.203. The standard InChI is InChI=1S/C21H40O2S/c1-3-4-5-6-7-8-9-10-11-12-13-14-15-16-17-18-19-23-21(22)20(2)24/h10-11,20,24H,3-9,12-19H2,1-2H3. The molecule has 0 radical (unpaired) electrons. The molecule has 1 atom stereocenters. The molecule has 142 valence electrons. The lowest BCUT2D eigenvalue weighted by molar-refractivity contribution is -0.142. The molecule has 0 aliphatic carbocycles. The molecule has 0 N–H and O–H groups in total. The van der Waals surface area contributed by atoms with Gasteiger partial charge < -0.3 is 4.74 Å². The number of carbonyl (C=O) groups is 1. The van der Waals surface area contributed by atoms with Gasteiger partial charge in [-0.05, 0) is 39.0 Å². The van der Waals surface area contributed by atoms with E-state index in [0.29, 0.717) is 6.61 Å². The van der Waals surface area contributed by atoms with Gasteiger partial charge in [-0.2, -0.15) is 12.6 Å². The molecule has 0 fully saturated rings. The highest BCUT2D eigenvalue weighted by Gasteiger charge is 2.07. The summed E-state index contributed by atoms with van der Waals surface area (Å²) in [6.07, 6.45) is 22.8. The lowest BCUT2D eigenvalue weighted by Gasteiger charge is -2.06. The van der Waals surface area contributed by atoms with Crippen molar-refractivity contribution in [2.45, 2.75) is 109 Å². The van der Waals surface area contributed by atoms with Crippen molar-refractivity contribution in [3.63, 3.8) is 0 Å². The van der Waals surface area contributed by atoms with E-state index in [1.54, 1.807) is 6.92 Å². The van der Waals surface area contributed by atoms with Crippen molar-refractivity contribution in [1.29, 1.82) is 0 Å². The monoisotopic (exact) mass is 356 g/mol. The van der Waals surface area contributed by atoms with Crippen LogP contribution in [0.3, 0.4) is 0 Å². The quantitative estimate of drug-likeness (QED) is 0.133. The molecule has 0 aliphatic rings. The van der Waals surface area contributed by atoms with Crippen molar-refractivity contribution in [3.05, 3.63) is 12.2 Å². The summed E-state index contributed by atoms with van der Waals surface area (Å²) < 4.78 is 5.10. The first-order chi connectivity index (χ1) is 11.7. The van der Waals surface area contributed by atoms with Crippen LogP contribution in [0.5, 0.6) is 0 Å². The number of thiol groups is 1. The third-order valence-corrected chi connectivity index (χ3v) is 4.45. The van der Waals surface area contributed by atoms with E-state index < -0.39 is 0 Å². The van der Waals surface area contributed by atoms with Crippen LogP contribution in [0.4, 0.5) is 0 Å². The zero-order valence-corrected chi connectivity index (χ0v) is 17.0. The van der Waals surface area contributed by atoms with E-state index >= 15 is 0 Å². The minimum atomic E-state index is -0.306. The van der Waals surface area contributed by atoms with Crippen LogP contribution < -0.4 is 0 Å². The van der Waals surface area contributed by atoms with Crippen LogP contribution in [-0.2, 0) is 9.53 Å². The van der Waals surface area contributed by atoms with Crippen molar-refractivity contribution in [3.8, 4) is 0 Å². The Labute approximate surface area is 156 Å². The number of allylic oxidation sites excluding steroid dienone is 2. The van der Waals surface area contributed by atoms with Crippen molar-refractivity contribution in [2.75, 3.05) is 6.61 Å². The predicted octanol–water partition coefficient (Wildman–Crippen LogP) is 6.89. The van der Waals surface area contributed by atoms with Gasteiger partial charge in [0.05, 0.1) is 11.9 Å². The van der Waals surface area contributed by atoms with Crippen LogP contribution >= 0.6 is 12.6 Å². The molecular weight excluding hydrogens is 316 g/mol. The Hall–Kier alpha value is -0.440. The fraction of sp³-hybridized carbons (Fsp3) is 0.857. The first kappa shape index (κ1) is 23.6. The molecule has 0 spiro atoms. The van der Waals surface area contributed by atoms with Crippen LogP contribution in [0.1, 0.15) is 104 Å². The summed E-state index contributed by atoms with van der Waals surface area (Å²) in [6.45, 7) is 4.56. The maximum atomic E-state index is 11.2. The van der Waals surface area contributed by atoms with Crippen LogP contribution in [0.2, 0.25) is 0 Å². The molecule has 0 heterocycles. The summed E-state index contributed by atoms with van der Waals surface area (Å²) in [6, 6.07) is 0. The molecule has 3 heteroatoms. The molecule has 0 saturated heterocycles. The lowest BCUT2D eigenvalue weighted by atomic mass is 10.1. The SMILES string of the molecule is CCCCCCCCC=CCCCCCCCCOC(=O)C(C)S.